The van der Waals surface area contributed by atoms with Crippen LogP contribution in [-0.4, -0.2) is 19.1 Å². The van der Waals surface area contributed by atoms with Crippen LogP contribution in [0.2, 0.25) is 18.1 Å². The number of hydrogen-bond acceptors (Lipinski definition) is 1. The smallest absolute Gasteiger partial charge is 0.304 e. The molecule has 0 spiro atoms. The summed E-state index contributed by atoms with van der Waals surface area (Å²) in [7, 11) is -1.34. The summed E-state index contributed by atoms with van der Waals surface area (Å²) in [4.78, 5) is 10.3. The largest absolute Gasteiger partial charge is 0.481 e. The summed E-state index contributed by atoms with van der Waals surface area (Å²) in [6, 6.07) is 3.54. The van der Waals surface area contributed by atoms with Gasteiger partial charge in [0, 0.05) is 6.42 Å². The molecule has 14 heavy (non-hydrogen) atoms. The van der Waals surface area contributed by atoms with Crippen LogP contribution in [0.15, 0.2) is 0 Å². The maximum Gasteiger partial charge on any atom is 0.304 e. The average molecular weight is 212 g/mol. The van der Waals surface area contributed by atoms with E-state index in [9.17, 15) is 4.79 Å². The Morgan fingerprint density at radius 3 is 2.07 bits per heavy atom. The van der Waals surface area contributed by atoms with Gasteiger partial charge in [-0.15, -0.1) is 11.5 Å². The predicted molar refractivity (Wildman–Crippen MR) is 61.8 cm³/mol. The Morgan fingerprint density at radius 1 is 1.21 bits per heavy atom. The van der Waals surface area contributed by atoms with Crippen LogP contribution in [0, 0.1) is 11.5 Å². The lowest BCUT2D eigenvalue weighted by molar-refractivity contribution is -0.136. The van der Waals surface area contributed by atoms with Gasteiger partial charge < -0.3 is 5.11 Å². The summed E-state index contributed by atoms with van der Waals surface area (Å²) in [5.74, 6) is 2.29. The van der Waals surface area contributed by atoms with E-state index >= 15 is 0 Å². The van der Waals surface area contributed by atoms with Gasteiger partial charge in [-0.05, 0) is 18.1 Å². The van der Waals surface area contributed by atoms with Crippen molar-refractivity contribution in [1.82, 2.24) is 0 Å². The number of carboxylic acid groups (broad SMARTS) is 1. The van der Waals surface area contributed by atoms with Gasteiger partial charge >= 0.3 is 5.97 Å². The molecule has 0 bridgehead atoms. The highest BCUT2D eigenvalue weighted by Gasteiger charge is 2.23. The molecule has 0 radical (unpaired) electrons. The molecular formula is C11H20O2Si. The Balaban J connectivity index is 4.20. The normalized spacial score (nSPS) is 10.5. The first-order valence-electron chi connectivity index (χ1n) is 5.32. The van der Waals surface area contributed by atoms with Gasteiger partial charge in [-0.25, -0.2) is 0 Å². The van der Waals surface area contributed by atoms with E-state index in [0.29, 0.717) is 6.42 Å². The zero-order valence-electron chi connectivity index (χ0n) is 9.39. The maximum atomic E-state index is 10.3. The summed E-state index contributed by atoms with van der Waals surface area (Å²) < 4.78 is 0. The molecule has 0 fully saturated rings. The van der Waals surface area contributed by atoms with Gasteiger partial charge in [0.05, 0.1) is 6.42 Å². The van der Waals surface area contributed by atoms with Crippen LogP contribution >= 0.6 is 0 Å². The summed E-state index contributed by atoms with van der Waals surface area (Å²) in [6.07, 6.45) is 0.679. The van der Waals surface area contributed by atoms with Crippen LogP contribution in [0.5, 0.6) is 0 Å². The second kappa shape index (κ2) is 6.66. The molecule has 0 aromatic heterocycles. The third-order valence-corrected chi connectivity index (χ3v) is 7.62. The lowest BCUT2D eigenvalue weighted by atomic mass is 10.3. The van der Waals surface area contributed by atoms with E-state index in [4.69, 9.17) is 5.11 Å². The third-order valence-electron chi connectivity index (χ3n) is 2.85. The molecule has 80 valence electrons. The van der Waals surface area contributed by atoms with Crippen LogP contribution in [0.1, 0.15) is 33.6 Å². The van der Waals surface area contributed by atoms with Gasteiger partial charge in [0.2, 0.25) is 0 Å². The standard InChI is InChI=1S/C11H20O2Si/c1-4-14(5-2,6-3)10-8-7-9-11(12)13/h4-7,9H2,1-3H3,(H,12,13). The van der Waals surface area contributed by atoms with Crippen LogP contribution < -0.4 is 0 Å². The number of hydrogen-bond donors (Lipinski definition) is 1. The van der Waals surface area contributed by atoms with Crippen LogP contribution in [-0.2, 0) is 4.79 Å². The van der Waals surface area contributed by atoms with Crippen molar-refractivity contribution in [2.24, 2.45) is 0 Å². The molecule has 0 aliphatic heterocycles. The van der Waals surface area contributed by atoms with E-state index in [2.05, 4.69) is 32.2 Å². The monoisotopic (exact) mass is 212 g/mol. The van der Waals surface area contributed by atoms with Crippen molar-refractivity contribution < 1.29 is 9.90 Å². The summed E-state index contributed by atoms with van der Waals surface area (Å²) in [5.41, 5.74) is 3.36. The minimum absolute atomic E-state index is 0.175. The fraction of sp³-hybridized carbons (Fsp3) is 0.727. The van der Waals surface area contributed by atoms with Gasteiger partial charge in [0.1, 0.15) is 8.07 Å². The molecule has 0 aliphatic carbocycles. The molecule has 0 aliphatic rings. The van der Waals surface area contributed by atoms with Crippen LogP contribution in [0.25, 0.3) is 0 Å². The maximum absolute atomic E-state index is 10.3. The lowest BCUT2D eigenvalue weighted by Crippen LogP contribution is -2.29. The van der Waals surface area contributed by atoms with Crippen LogP contribution in [0.4, 0.5) is 0 Å². The zero-order valence-corrected chi connectivity index (χ0v) is 10.4. The molecule has 0 atom stereocenters. The van der Waals surface area contributed by atoms with Gasteiger partial charge in [-0.1, -0.05) is 20.8 Å². The molecule has 0 unspecified atom stereocenters. The van der Waals surface area contributed by atoms with E-state index in [1.807, 2.05) is 0 Å². The number of carboxylic acids is 1. The quantitative estimate of drug-likeness (QED) is 0.562. The summed E-state index contributed by atoms with van der Waals surface area (Å²) in [5, 5.41) is 8.46. The molecule has 1 N–H and O–H groups in total. The van der Waals surface area contributed by atoms with Crippen molar-refractivity contribution in [3.63, 3.8) is 0 Å². The first-order chi connectivity index (χ1) is 6.60. The SMILES string of the molecule is CC[Si](C#CCCC(=O)O)(CC)CC. The van der Waals surface area contributed by atoms with Crippen molar-refractivity contribution in [2.45, 2.75) is 51.7 Å². The number of rotatable bonds is 5. The molecule has 3 heteroatoms. The number of carbonyl (C=O) groups is 1. The van der Waals surface area contributed by atoms with Crippen molar-refractivity contribution in [1.29, 1.82) is 0 Å². The first kappa shape index (κ1) is 13.2. The van der Waals surface area contributed by atoms with Gasteiger partial charge in [-0.2, -0.15) is 0 Å². The molecular weight excluding hydrogens is 192 g/mol. The Bertz CT molecular complexity index is 225. The average Bonchev–Trinajstić information content (AvgIpc) is 2.19. The van der Waals surface area contributed by atoms with E-state index in [0.717, 1.165) is 0 Å². The topological polar surface area (TPSA) is 37.3 Å². The van der Waals surface area contributed by atoms with Crippen molar-refractivity contribution in [3.05, 3.63) is 0 Å². The molecule has 0 heterocycles. The lowest BCUT2D eigenvalue weighted by Gasteiger charge is -2.19. The Hall–Kier alpha value is -0.753. The highest BCUT2D eigenvalue weighted by atomic mass is 28.3. The van der Waals surface area contributed by atoms with E-state index < -0.39 is 14.0 Å². The predicted octanol–water partition coefficient (Wildman–Crippen LogP) is 2.90. The Labute approximate surface area is 87.7 Å². The molecule has 0 rings (SSSR count). The summed E-state index contributed by atoms with van der Waals surface area (Å²) in [6.45, 7) is 6.60. The molecule has 0 amide bonds. The highest BCUT2D eigenvalue weighted by Crippen LogP contribution is 2.18. The Morgan fingerprint density at radius 2 is 1.71 bits per heavy atom. The summed E-state index contributed by atoms with van der Waals surface area (Å²) >= 11 is 0. The van der Waals surface area contributed by atoms with E-state index in [1.165, 1.54) is 18.1 Å². The minimum Gasteiger partial charge on any atom is -0.481 e. The zero-order chi connectivity index (χ0) is 11.0. The second-order valence-corrected chi connectivity index (χ2v) is 8.47. The minimum atomic E-state index is -1.34. The molecule has 2 nitrogen and oxygen atoms in total. The van der Waals surface area contributed by atoms with Crippen LogP contribution in [0.3, 0.4) is 0 Å². The van der Waals surface area contributed by atoms with Crippen molar-refractivity contribution in [2.75, 3.05) is 0 Å². The molecule has 0 aromatic rings. The fourth-order valence-corrected chi connectivity index (χ4v) is 3.96. The Kier molecular flexibility index (Phi) is 6.31. The molecule has 0 saturated carbocycles. The third kappa shape index (κ3) is 4.47. The van der Waals surface area contributed by atoms with E-state index in [-0.39, 0.29) is 6.42 Å². The highest BCUT2D eigenvalue weighted by molar-refractivity contribution is 6.87. The van der Waals surface area contributed by atoms with Gasteiger partial charge in [-0.3, -0.25) is 4.79 Å². The van der Waals surface area contributed by atoms with Crippen molar-refractivity contribution >= 4 is 14.0 Å². The van der Waals surface area contributed by atoms with Gasteiger partial charge in [0.25, 0.3) is 0 Å². The van der Waals surface area contributed by atoms with Crippen molar-refractivity contribution in [3.8, 4) is 11.5 Å². The fourth-order valence-electron chi connectivity index (χ4n) is 1.43. The van der Waals surface area contributed by atoms with Gasteiger partial charge in [0.15, 0.2) is 0 Å². The van der Waals surface area contributed by atoms with E-state index in [1.54, 1.807) is 0 Å². The molecule has 0 saturated heterocycles. The number of aliphatic carboxylic acids is 1. The first-order valence-corrected chi connectivity index (χ1v) is 7.94. The molecule has 0 aromatic carbocycles. The second-order valence-electron chi connectivity index (χ2n) is 3.54.